The van der Waals surface area contributed by atoms with Gasteiger partial charge in [0.25, 0.3) is 0 Å². The minimum absolute atomic E-state index is 0.0564. The number of piperazine rings is 1. The number of hydrogen-bond donors (Lipinski definition) is 0. The van der Waals surface area contributed by atoms with Gasteiger partial charge in [0.1, 0.15) is 5.75 Å². The molecule has 1 fully saturated rings. The summed E-state index contributed by atoms with van der Waals surface area (Å²) in [7, 11) is 1.68. The van der Waals surface area contributed by atoms with E-state index in [1.807, 2.05) is 18.2 Å². The Balaban J connectivity index is 1.22. The number of benzene rings is 2. The summed E-state index contributed by atoms with van der Waals surface area (Å²) in [5.41, 5.74) is 1.76. The van der Waals surface area contributed by atoms with Crippen LogP contribution in [0.5, 0.6) is 5.75 Å². The summed E-state index contributed by atoms with van der Waals surface area (Å²) in [5.74, 6) is 0.167. The minimum Gasteiger partial charge on any atom is -0.571 e. The first-order chi connectivity index (χ1) is 16.1. The third kappa shape index (κ3) is 3.74. The lowest BCUT2D eigenvalue weighted by Crippen LogP contribution is -2.47. The maximum Gasteiger partial charge on any atom is 0.220 e. The van der Waals surface area contributed by atoms with Gasteiger partial charge in [0.2, 0.25) is 17.3 Å². The molecule has 1 saturated heterocycles. The van der Waals surface area contributed by atoms with Crippen LogP contribution in [0, 0.1) is 5.21 Å². The van der Waals surface area contributed by atoms with Gasteiger partial charge in [0.15, 0.2) is 5.69 Å². The molecule has 2 aromatic carbocycles. The first-order valence-corrected chi connectivity index (χ1v) is 11.1. The molecule has 9 heteroatoms. The van der Waals surface area contributed by atoms with Gasteiger partial charge in [-0.05, 0) is 18.6 Å². The Kier molecular flexibility index (Phi) is 5.55. The highest BCUT2D eigenvalue weighted by Gasteiger charge is 2.39. The molecule has 0 amide bonds. The topological polar surface area (TPSA) is 94.6 Å². The van der Waals surface area contributed by atoms with Crippen molar-refractivity contribution in [2.45, 2.75) is 13.0 Å². The molecule has 0 saturated carbocycles. The molecular formula is C24H25N5O4. The number of anilines is 1. The highest BCUT2D eigenvalue weighted by molar-refractivity contribution is 6.26. The summed E-state index contributed by atoms with van der Waals surface area (Å²) in [6.07, 6.45) is 0.669. The van der Waals surface area contributed by atoms with Crippen LogP contribution in [-0.2, 0) is 6.54 Å². The SMILES string of the molecule is COc1ccccc1N1CCN(CCCn2c3c(n[n+]2[O-])C(=O)c2ccccc2C3=O)CC1. The highest BCUT2D eigenvalue weighted by atomic mass is 16.5. The van der Waals surface area contributed by atoms with E-state index in [9.17, 15) is 14.8 Å². The number of carbonyl (C=O) groups is 2. The summed E-state index contributed by atoms with van der Waals surface area (Å²) in [6.45, 7) is 4.65. The summed E-state index contributed by atoms with van der Waals surface area (Å²) >= 11 is 0. The second kappa shape index (κ2) is 8.67. The molecular weight excluding hydrogens is 422 g/mol. The fourth-order valence-electron chi connectivity index (χ4n) is 4.65. The van der Waals surface area contributed by atoms with Crippen molar-refractivity contribution in [2.24, 2.45) is 0 Å². The van der Waals surface area contributed by atoms with Gasteiger partial charge in [-0.25, -0.2) is 0 Å². The zero-order valence-corrected chi connectivity index (χ0v) is 18.4. The smallest absolute Gasteiger partial charge is 0.220 e. The van der Waals surface area contributed by atoms with Crippen molar-refractivity contribution in [3.05, 3.63) is 76.3 Å². The van der Waals surface area contributed by atoms with Gasteiger partial charge < -0.3 is 14.8 Å². The van der Waals surface area contributed by atoms with Crippen LogP contribution in [0.1, 0.15) is 38.5 Å². The Labute approximate surface area is 191 Å². The third-order valence-corrected chi connectivity index (χ3v) is 6.36. The second-order valence-corrected chi connectivity index (χ2v) is 8.23. The Morgan fingerprint density at radius 2 is 1.61 bits per heavy atom. The van der Waals surface area contributed by atoms with E-state index >= 15 is 0 Å². The first-order valence-electron chi connectivity index (χ1n) is 11.1. The molecule has 0 bridgehead atoms. The van der Waals surface area contributed by atoms with E-state index < -0.39 is 0 Å². The fraction of sp³-hybridized carbons (Fsp3) is 0.333. The zero-order valence-electron chi connectivity index (χ0n) is 18.4. The van der Waals surface area contributed by atoms with Crippen LogP contribution in [0.15, 0.2) is 48.5 Å². The predicted octanol–water partition coefficient (Wildman–Crippen LogP) is 1.51. The monoisotopic (exact) mass is 447 g/mol. The van der Waals surface area contributed by atoms with Crippen LogP contribution < -0.4 is 14.6 Å². The number of carbonyl (C=O) groups excluding carboxylic acids is 2. The summed E-state index contributed by atoms with van der Waals surface area (Å²) in [6, 6.07) is 14.6. The minimum atomic E-state index is -0.379. The average Bonchev–Trinajstić information content (AvgIpc) is 3.19. The lowest BCUT2D eigenvalue weighted by atomic mass is 9.90. The van der Waals surface area contributed by atoms with Crippen molar-refractivity contribution < 1.29 is 19.3 Å². The summed E-state index contributed by atoms with van der Waals surface area (Å²) < 4.78 is 6.77. The van der Waals surface area contributed by atoms with Crippen molar-refractivity contribution in [3.63, 3.8) is 0 Å². The molecule has 5 rings (SSSR count). The van der Waals surface area contributed by atoms with Crippen LogP contribution in [0.3, 0.4) is 0 Å². The maximum absolute atomic E-state index is 13.0. The van der Waals surface area contributed by atoms with Crippen molar-refractivity contribution in [1.29, 1.82) is 0 Å². The zero-order chi connectivity index (χ0) is 22.9. The molecule has 0 radical (unpaired) electrons. The number of methoxy groups -OCH3 is 1. The van der Waals surface area contributed by atoms with Gasteiger partial charge in [0, 0.05) is 53.9 Å². The first kappa shape index (κ1) is 21.1. The molecule has 0 atom stereocenters. The van der Waals surface area contributed by atoms with Crippen LogP contribution in [0.2, 0.25) is 0 Å². The predicted molar refractivity (Wildman–Crippen MR) is 121 cm³/mol. The number of nitrogens with zero attached hydrogens (tertiary/aromatic N) is 5. The molecule has 1 aliphatic carbocycles. The van der Waals surface area contributed by atoms with E-state index in [1.54, 1.807) is 31.4 Å². The maximum atomic E-state index is 13.0. The number of fused-ring (bicyclic) bond motifs is 2. The number of hydrogen-bond acceptors (Lipinski definition) is 7. The van der Waals surface area contributed by atoms with Crippen molar-refractivity contribution in [3.8, 4) is 5.75 Å². The van der Waals surface area contributed by atoms with E-state index in [2.05, 4.69) is 21.0 Å². The highest BCUT2D eigenvalue weighted by Crippen LogP contribution is 2.28. The molecule has 0 N–H and O–H groups in total. The molecule has 170 valence electrons. The third-order valence-electron chi connectivity index (χ3n) is 6.36. The Bertz CT molecular complexity index is 1210. The second-order valence-electron chi connectivity index (χ2n) is 8.23. The Hall–Kier alpha value is -3.72. The lowest BCUT2D eigenvalue weighted by molar-refractivity contribution is -0.749. The van der Waals surface area contributed by atoms with E-state index in [1.165, 1.54) is 4.68 Å². The van der Waals surface area contributed by atoms with Gasteiger partial charge >= 0.3 is 0 Å². The van der Waals surface area contributed by atoms with Gasteiger partial charge in [0.05, 0.1) is 19.3 Å². The van der Waals surface area contributed by atoms with E-state index in [0.29, 0.717) is 29.1 Å². The fourth-order valence-corrected chi connectivity index (χ4v) is 4.65. The molecule has 33 heavy (non-hydrogen) atoms. The van der Waals surface area contributed by atoms with Crippen LogP contribution in [-0.4, -0.2) is 66.1 Å². The Morgan fingerprint density at radius 3 is 2.33 bits per heavy atom. The van der Waals surface area contributed by atoms with Gasteiger partial charge in [-0.15, -0.1) is 4.68 Å². The normalized spacial score (nSPS) is 16.0. The molecule has 1 aliphatic heterocycles. The lowest BCUT2D eigenvalue weighted by Gasteiger charge is -2.36. The molecule has 9 nitrogen and oxygen atoms in total. The molecule has 2 aliphatic rings. The van der Waals surface area contributed by atoms with Gasteiger partial charge in [-0.1, -0.05) is 36.4 Å². The van der Waals surface area contributed by atoms with Crippen LogP contribution in [0.25, 0.3) is 0 Å². The summed E-state index contributed by atoms with van der Waals surface area (Å²) in [4.78, 5) is 30.8. The van der Waals surface area contributed by atoms with Crippen molar-refractivity contribution in [1.82, 2.24) is 14.7 Å². The van der Waals surface area contributed by atoms with E-state index in [-0.39, 0.29) is 23.0 Å². The largest absolute Gasteiger partial charge is 0.571 e. The number of rotatable bonds is 6. The number of ketones is 2. The van der Waals surface area contributed by atoms with Crippen LogP contribution in [0.4, 0.5) is 5.69 Å². The van der Waals surface area contributed by atoms with Crippen LogP contribution >= 0.6 is 0 Å². The standard InChI is InChI=1S/C24H25N5O4/c1-33-20-10-5-4-9-19(20)27-15-13-26(14-16-27)11-6-12-28-22-21(25-29(28)32)23(30)17-7-2-3-8-18(17)24(22)31/h2-5,7-10H,6,11-16H2,1H3. The molecule has 3 aromatic rings. The average molecular weight is 447 g/mol. The molecule has 2 heterocycles. The van der Waals surface area contributed by atoms with E-state index in [4.69, 9.17) is 4.74 Å². The van der Waals surface area contributed by atoms with Gasteiger partial charge in [-0.3, -0.25) is 14.5 Å². The summed E-state index contributed by atoms with van der Waals surface area (Å²) in [5, 5.41) is 16.3. The molecule has 0 unspecified atom stereocenters. The quantitative estimate of drug-likeness (QED) is 0.327. The van der Waals surface area contributed by atoms with E-state index in [0.717, 1.165) is 44.2 Å². The van der Waals surface area contributed by atoms with Crippen molar-refractivity contribution >= 4 is 17.3 Å². The Morgan fingerprint density at radius 1 is 0.939 bits per heavy atom. The molecule has 0 spiro atoms. The number of aromatic nitrogens is 3. The number of ether oxygens (including phenoxy) is 1. The van der Waals surface area contributed by atoms with Crippen molar-refractivity contribution in [2.75, 3.05) is 44.7 Å². The number of para-hydroxylation sites is 2. The molecule has 1 aromatic heterocycles. The van der Waals surface area contributed by atoms with Gasteiger partial charge in [-0.2, -0.15) is 0 Å².